The summed E-state index contributed by atoms with van der Waals surface area (Å²) in [5.41, 5.74) is 2.32. The van der Waals surface area contributed by atoms with E-state index >= 15 is 0 Å². The number of β-lactam (4-membered cyclic amide) rings is 1. The molecule has 2 aliphatic heterocycles. The predicted octanol–water partition coefficient (Wildman–Crippen LogP) is 6.15. The third kappa shape index (κ3) is 4.75. The number of halogens is 2. The van der Waals surface area contributed by atoms with Gasteiger partial charge in [-0.1, -0.05) is 31.2 Å². The zero-order chi connectivity index (χ0) is 25.3. The molecular formula is C28H28F2NO4P. The first-order chi connectivity index (χ1) is 17.4. The van der Waals surface area contributed by atoms with E-state index < -0.39 is 5.79 Å². The summed E-state index contributed by atoms with van der Waals surface area (Å²) in [5, 5.41) is 0. The molecule has 5 nitrogen and oxygen atoms in total. The molecule has 2 saturated heterocycles. The minimum Gasteiger partial charge on any atom is -0.480 e. The van der Waals surface area contributed by atoms with E-state index in [-0.39, 0.29) is 35.4 Å². The minimum atomic E-state index is -1.04. The fourth-order valence-electron chi connectivity index (χ4n) is 4.99. The summed E-state index contributed by atoms with van der Waals surface area (Å²) in [6.07, 6.45) is 0.928. The lowest BCUT2D eigenvalue weighted by Crippen LogP contribution is -2.56. The number of carbonyl (C=O) groups excluding carboxylic acids is 1. The lowest BCUT2D eigenvalue weighted by molar-refractivity contribution is -0.295. The molecule has 3 atom stereocenters. The van der Waals surface area contributed by atoms with Gasteiger partial charge < -0.3 is 18.9 Å². The maximum Gasteiger partial charge on any atom is 0.233 e. The fraction of sp³-hybridized carbons (Fsp3) is 0.321. The van der Waals surface area contributed by atoms with E-state index in [0.29, 0.717) is 37.5 Å². The predicted molar refractivity (Wildman–Crippen MR) is 135 cm³/mol. The van der Waals surface area contributed by atoms with Crippen LogP contribution >= 0.6 is 9.47 Å². The van der Waals surface area contributed by atoms with Crippen LogP contribution in [-0.4, -0.2) is 19.1 Å². The van der Waals surface area contributed by atoms with Gasteiger partial charge in [-0.05, 0) is 60.5 Å². The van der Waals surface area contributed by atoms with E-state index in [1.165, 1.54) is 24.3 Å². The first-order valence-electron chi connectivity index (χ1n) is 12.0. The molecule has 0 spiro atoms. The van der Waals surface area contributed by atoms with Crippen LogP contribution in [0.25, 0.3) is 0 Å². The molecule has 0 radical (unpaired) electrons. The maximum absolute atomic E-state index is 13.6. The standard InChI is InChI=1S/C28H28F2NO4P/c1-18-16-33-28(34-17-18,20-4-6-21(29)7-5-20)15-14-25-26(19-2-12-24(35-36)13-3-19)31(27(25)32)23-10-8-22(30)9-11-23/h2-13,18,25-26H,14-17,36H2,1H3/t18?,25-,26-,28?/m1/s1. The summed E-state index contributed by atoms with van der Waals surface area (Å²) < 4.78 is 44.8. The van der Waals surface area contributed by atoms with Crippen LogP contribution in [0.15, 0.2) is 72.8 Å². The van der Waals surface area contributed by atoms with Crippen molar-refractivity contribution in [2.45, 2.75) is 31.6 Å². The summed E-state index contributed by atoms with van der Waals surface area (Å²) in [6.45, 7) is 3.07. The zero-order valence-electron chi connectivity index (χ0n) is 19.9. The molecular weight excluding hydrogens is 483 g/mol. The number of benzene rings is 3. The van der Waals surface area contributed by atoms with Crippen molar-refractivity contribution >= 4 is 21.1 Å². The van der Waals surface area contributed by atoms with Crippen LogP contribution < -0.4 is 9.42 Å². The molecule has 36 heavy (non-hydrogen) atoms. The Hall–Kier alpha value is -2.86. The Morgan fingerprint density at radius 1 is 0.944 bits per heavy atom. The summed E-state index contributed by atoms with van der Waals surface area (Å²) in [7, 11) is 2.22. The SMILES string of the molecule is CC1COC(CC[C@H]2C(=O)N(c3ccc(F)cc3)[C@@H]2c2ccc(OP)cc2)(c2ccc(F)cc2)OC1. The van der Waals surface area contributed by atoms with Crippen molar-refractivity contribution in [1.29, 1.82) is 0 Å². The highest BCUT2D eigenvalue weighted by atomic mass is 31.0. The molecule has 5 rings (SSSR count). The van der Waals surface area contributed by atoms with Crippen LogP contribution in [0.5, 0.6) is 5.75 Å². The normalized spacial score (nSPS) is 25.9. The van der Waals surface area contributed by atoms with Crippen LogP contribution in [0.3, 0.4) is 0 Å². The monoisotopic (exact) mass is 511 g/mol. The second-order valence-corrected chi connectivity index (χ2v) is 9.68. The van der Waals surface area contributed by atoms with E-state index in [4.69, 9.17) is 14.0 Å². The number of hydrogen-bond donors (Lipinski definition) is 0. The van der Waals surface area contributed by atoms with Gasteiger partial charge in [0.1, 0.15) is 17.4 Å². The fourth-order valence-corrected chi connectivity index (χ4v) is 5.15. The molecule has 8 heteroatoms. The smallest absolute Gasteiger partial charge is 0.233 e. The highest BCUT2D eigenvalue weighted by Gasteiger charge is 2.50. The highest BCUT2D eigenvalue weighted by Crippen LogP contribution is 2.48. The number of rotatable bonds is 7. The van der Waals surface area contributed by atoms with Crippen molar-refractivity contribution in [2.24, 2.45) is 11.8 Å². The number of ether oxygens (including phenoxy) is 2. The van der Waals surface area contributed by atoms with E-state index in [9.17, 15) is 13.6 Å². The topological polar surface area (TPSA) is 48.0 Å². The molecule has 0 N–H and O–H groups in total. The Bertz CT molecular complexity index is 1200. The third-order valence-electron chi connectivity index (χ3n) is 6.95. The van der Waals surface area contributed by atoms with Gasteiger partial charge >= 0.3 is 0 Å². The first kappa shape index (κ1) is 24.8. The number of amides is 1. The van der Waals surface area contributed by atoms with Gasteiger partial charge in [0.05, 0.1) is 34.6 Å². The average molecular weight is 512 g/mol. The van der Waals surface area contributed by atoms with Crippen molar-refractivity contribution < 1.29 is 27.6 Å². The molecule has 3 aromatic carbocycles. The van der Waals surface area contributed by atoms with E-state index in [1.807, 2.05) is 31.2 Å². The second-order valence-electron chi connectivity index (χ2n) is 9.45. The lowest BCUT2D eigenvalue weighted by Gasteiger charge is -2.49. The quantitative estimate of drug-likeness (QED) is 0.282. The number of carbonyl (C=O) groups is 1. The summed E-state index contributed by atoms with van der Waals surface area (Å²) in [4.78, 5) is 15.1. The van der Waals surface area contributed by atoms with Gasteiger partial charge in [-0.25, -0.2) is 8.78 Å². The van der Waals surface area contributed by atoms with Gasteiger partial charge in [0.2, 0.25) is 5.91 Å². The molecule has 2 heterocycles. The molecule has 2 aliphatic rings. The molecule has 0 aliphatic carbocycles. The summed E-state index contributed by atoms with van der Waals surface area (Å²) >= 11 is 0. The van der Waals surface area contributed by atoms with Crippen LogP contribution in [0, 0.1) is 23.5 Å². The van der Waals surface area contributed by atoms with Gasteiger partial charge in [0.25, 0.3) is 0 Å². The molecule has 1 amide bonds. The second kappa shape index (κ2) is 10.3. The van der Waals surface area contributed by atoms with E-state index in [1.54, 1.807) is 29.2 Å². The van der Waals surface area contributed by atoms with Gasteiger partial charge in [0.15, 0.2) is 5.79 Å². The first-order valence-corrected chi connectivity index (χ1v) is 12.5. The van der Waals surface area contributed by atoms with E-state index in [2.05, 4.69) is 9.47 Å². The van der Waals surface area contributed by atoms with E-state index in [0.717, 1.165) is 11.1 Å². The van der Waals surface area contributed by atoms with Crippen LogP contribution in [0.1, 0.15) is 36.9 Å². The molecule has 3 aromatic rings. The van der Waals surface area contributed by atoms with Crippen molar-refractivity contribution in [2.75, 3.05) is 18.1 Å². The molecule has 188 valence electrons. The third-order valence-corrected chi connectivity index (χ3v) is 7.22. The summed E-state index contributed by atoms with van der Waals surface area (Å²) in [6, 6.07) is 19.4. The Morgan fingerprint density at radius 3 is 2.11 bits per heavy atom. The van der Waals surface area contributed by atoms with Crippen molar-refractivity contribution in [3.63, 3.8) is 0 Å². The molecule has 1 unspecified atom stereocenters. The number of hydrogen-bond acceptors (Lipinski definition) is 4. The number of anilines is 1. The van der Waals surface area contributed by atoms with Gasteiger partial charge in [-0.3, -0.25) is 4.79 Å². The molecule has 0 bridgehead atoms. The Morgan fingerprint density at radius 2 is 1.53 bits per heavy atom. The Kier molecular flexibility index (Phi) is 7.07. The minimum absolute atomic E-state index is 0.0450. The molecule has 0 aromatic heterocycles. The molecule has 0 saturated carbocycles. The number of nitrogens with zero attached hydrogens (tertiary/aromatic N) is 1. The average Bonchev–Trinajstić information content (AvgIpc) is 2.90. The van der Waals surface area contributed by atoms with Gasteiger partial charge in [-0.2, -0.15) is 0 Å². The Balaban J connectivity index is 1.43. The van der Waals surface area contributed by atoms with Gasteiger partial charge in [0, 0.05) is 23.6 Å². The van der Waals surface area contributed by atoms with Crippen molar-refractivity contribution in [3.05, 3.63) is 95.6 Å². The van der Waals surface area contributed by atoms with Crippen LogP contribution in [0.2, 0.25) is 0 Å². The van der Waals surface area contributed by atoms with Crippen LogP contribution in [0.4, 0.5) is 14.5 Å². The van der Waals surface area contributed by atoms with Crippen molar-refractivity contribution in [3.8, 4) is 5.75 Å². The lowest BCUT2D eigenvalue weighted by atomic mass is 9.77. The zero-order valence-corrected chi connectivity index (χ0v) is 21.1. The largest absolute Gasteiger partial charge is 0.480 e. The molecule has 2 fully saturated rings. The Labute approximate surface area is 211 Å². The maximum atomic E-state index is 13.6. The van der Waals surface area contributed by atoms with Crippen molar-refractivity contribution in [1.82, 2.24) is 0 Å². The highest BCUT2D eigenvalue weighted by molar-refractivity contribution is 7.10. The summed E-state index contributed by atoms with van der Waals surface area (Å²) in [5.74, 6) is -1.18. The van der Waals surface area contributed by atoms with Crippen LogP contribution in [-0.2, 0) is 20.1 Å². The van der Waals surface area contributed by atoms with Gasteiger partial charge in [-0.15, -0.1) is 0 Å².